The van der Waals surface area contributed by atoms with E-state index in [-0.39, 0.29) is 24.2 Å². The van der Waals surface area contributed by atoms with Crippen molar-refractivity contribution in [2.24, 2.45) is 11.3 Å². The van der Waals surface area contributed by atoms with Crippen molar-refractivity contribution >= 4 is 27.3 Å². The molecule has 198 valence electrons. The van der Waals surface area contributed by atoms with Crippen LogP contribution in [0.15, 0.2) is 42.5 Å². The number of anilines is 2. The third-order valence-electron chi connectivity index (χ3n) is 9.14. The third-order valence-corrected chi connectivity index (χ3v) is 9.74. The predicted molar refractivity (Wildman–Crippen MR) is 137 cm³/mol. The van der Waals surface area contributed by atoms with E-state index in [1.807, 2.05) is 12.1 Å². The largest absolute Gasteiger partial charge is 0.388 e. The van der Waals surface area contributed by atoms with E-state index in [1.165, 1.54) is 12.8 Å². The van der Waals surface area contributed by atoms with Crippen LogP contribution in [0.5, 0.6) is 0 Å². The highest BCUT2D eigenvalue weighted by Gasteiger charge is 2.54. The van der Waals surface area contributed by atoms with Gasteiger partial charge in [0.05, 0.1) is 12.4 Å². The number of alkyl halides is 2. The highest BCUT2D eigenvalue weighted by Crippen LogP contribution is 2.62. The Morgan fingerprint density at radius 2 is 1.73 bits per heavy atom. The van der Waals surface area contributed by atoms with Crippen LogP contribution in [0.4, 0.5) is 20.2 Å². The maximum atomic E-state index is 13.8. The Morgan fingerprint density at radius 1 is 1.05 bits per heavy atom. The summed E-state index contributed by atoms with van der Waals surface area (Å²) < 4.78 is 53.0. The molecule has 3 fully saturated rings. The maximum Gasteiger partial charge on any atom is 0.258 e. The van der Waals surface area contributed by atoms with Crippen molar-refractivity contribution in [3.63, 3.8) is 0 Å². The molecule has 1 amide bonds. The van der Waals surface area contributed by atoms with Crippen LogP contribution in [-0.4, -0.2) is 38.2 Å². The molecule has 0 saturated heterocycles. The van der Waals surface area contributed by atoms with Crippen molar-refractivity contribution in [2.45, 2.75) is 68.8 Å². The van der Waals surface area contributed by atoms with E-state index >= 15 is 0 Å². The average molecular weight is 531 g/mol. The number of sulfonamides is 1. The van der Waals surface area contributed by atoms with Crippen LogP contribution in [0.2, 0.25) is 0 Å². The summed E-state index contributed by atoms with van der Waals surface area (Å²) in [6.45, 7) is 0.515. The number of amides is 1. The molecule has 0 bridgehead atoms. The summed E-state index contributed by atoms with van der Waals surface area (Å²) >= 11 is 0. The Labute approximate surface area is 216 Å². The summed E-state index contributed by atoms with van der Waals surface area (Å²) in [6.07, 6.45) is 6.00. The number of nitrogens with zero attached hydrogens (tertiary/aromatic N) is 1. The van der Waals surface area contributed by atoms with E-state index < -0.39 is 28.0 Å². The van der Waals surface area contributed by atoms with Crippen LogP contribution in [-0.2, 0) is 15.4 Å². The number of halogens is 2. The molecule has 0 unspecified atom stereocenters. The first-order valence-corrected chi connectivity index (χ1v) is 14.9. The topological polar surface area (TPSA) is 86.7 Å². The number of benzene rings is 2. The minimum absolute atomic E-state index is 0.207. The van der Waals surface area contributed by atoms with Crippen LogP contribution in [0, 0.1) is 11.3 Å². The zero-order valence-corrected chi connectivity index (χ0v) is 21.7. The van der Waals surface area contributed by atoms with Gasteiger partial charge in [0, 0.05) is 47.7 Å². The van der Waals surface area contributed by atoms with Gasteiger partial charge in [-0.2, -0.15) is 0 Å². The SMILES string of the molecule is CS(=O)(=O)Nc1ccc2c(c1)C1(CCC3(CC3)CC1)CN2C(=O)c1cccc([C@@H](O)C2CC(F)(F)C2)c1. The number of rotatable bonds is 5. The van der Waals surface area contributed by atoms with Gasteiger partial charge in [0.25, 0.3) is 5.91 Å². The van der Waals surface area contributed by atoms with Crippen molar-refractivity contribution in [1.82, 2.24) is 0 Å². The molecule has 3 saturated carbocycles. The van der Waals surface area contributed by atoms with Gasteiger partial charge in [0.1, 0.15) is 0 Å². The molecule has 2 aromatic carbocycles. The molecule has 0 radical (unpaired) electrons. The first-order chi connectivity index (χ1) is 17.4. The second-order valence-corrected chi connectivity index (χ2v) is 13.6. The molecular weight excluding hydrogens is 498 g/mol. The van der Waals surface area contributed by atoms with Crippen molar-refractivity contribution < 1.29 is 27.1 Å². The van der Waals surface area contributed by atoms with Crippen LogP contribution >= 0.6 is 0 Å². The number of nitrogens with one attached hydrogen (secondary N) is 1. The van der Waals surface area contributed by atoms with Crippen LogP contribution in [0.1, 0.15) is 79.0 Å². The van der Waals surface area contributed by atoms with Gasteiger partial charge in [-0.25, -0.2) is 17.2 Å². The Kier molecular flexibility index (Phi) is 5.52. The number of fused-ring (bicyclic) bond motifs is 2. The molecule has 1 aliphatic heterocycles. The zero-order chi connectivity index (χ0) is 26.2. The standard InChI is InChI=1S/C28H32F2N2O4S/c1-37(35,36)31-21-5-6-23-22(14-21)27(11-9-26(7-8-26)10-12-27)17-32(23)25(34)19-4-2-3-18(13-19)24(33)20-15-28(29,30)16-20/h2-6,13-14,20,24,31,33H,7-12,15-17H2,1H3/t24-/m1/s1. The molecule has 1 atom stereocenters. The second kappa shape index (κ2) is 8.24. The number of hydrogen-bond acceptors (Lipinski definition) is 4. The minimum atomic E-state index is -3.44. The molecule has 0 aromatic heterocycles. The summed E-state index contributed by atoms with van der Waals surface area (Å²) in [5.41, 5.74) is 3.36. The van der Waals surface area contributed by atoms with E-state index in [2.05, 4.69) is 4.72 Å². The lowest BCUT2D eigenvalue weighted by molar-refractivity contribution is -0.142. The van der Waals surface area contributed by atoms with Crippen molar-refractivity contribution in [1.29, 1.82) is 0 Å². The molecule has 2 N–H and O–H groups in total. The van der Waals surface area contributed by atoms with Crippen molar-refractivity contribution in [3.8, 4) is 0 Å². The average Bonchev–Trinajstić information content (AvgIpc) is 3.53. The second-order valence-electron chi connectivity index (χ2n) is 11.9. The van der Waals surface area contributed by atoms with Gasteiger partial charge in [0.2, 0.25) is 15.9 Å². The van der Waals surface area contributed by atoms with Gasteiger partial charge in [-0.05, 0) is 85.4 Å². The molecule has 37 heavy (non-hydrogen) atoms. The van der Waals surface area contributed by atoms with Gasteiger partial charge < -0.3 is 10.0 Å². The lowest BCUT2D eigenvalue weighted by atomic mass is 9.66. The Hall–Kier alpha value is -2.52. The van der Waals surface area contributed by atoms with E-state index in [4.69, 9.17) is 0 Å². The minimum Gasteiger partial charge on any atom is -0.388 e. The molecular formula is C28H32F2N2O4S. The van der Waals surface area contributed by atoms with Crippen molar-refractivity contribution in [3.05, 3.63) is 59.2 Å². The third kappa shape index (κ3) is 4.54. The van der Waals surface area contributed by atoms with Crippen molar-refractivity contribution in [2.75, 3.05) is 22.4 Å². The Bertz CT molecular complexity index is 1350. The fraction of sp³-hybridized carbons (Fsp3) is 0.536. The van der Waals surface area contributed by atoms with E-state index in [9.17, 15) is 27.1 Å². The summed E-state index contributed by atoms with van der Waals surface area (Å²) in [6, 6.07) is 12.0. The van der Waals surface area contributed by atoms with E-state index in [0.29, 0.717) is 28.8 Å². The fourth-order valence-electron chi connectivity index (χ4n) is 6.71. The maximum absolute atomic E-state index is 13.8. The summed E-state index contributed by atoms with van der Waals surface area (Å²) in [7, 11) is -3.44. The molecule has 6 nitrogen and oxygen atoms in total. The molecule has 2 aromatic rings. The highest BCUT2D eigenvalue weighted by atomic mass is 32.2. The predicted octanol–water partition coefficient (Wildman–Crippen LogP) is 5.39. The van der Waals surface area contributed by atoms with E-state index in [1.54, 1.807) is 35.2 Å². The quantitative estimate of drug-likeness (QED) is 0.543. The monoisotopic (exact) mass is 530 g/mol. The first kappa shape index (κ1) is 24.8. The molecule has 4 aliphatic rings. The van der Waals surface area contributed by atoms with Gasteiger partial charge in [0.15, 0.2) is 0 Å². The molecule has 9 heteroatoms. The normalized spacial score (nSPS) is 23.9. The summed E-state index contributed by atoms with van der Waals surface area (Å²) in [5, 5.41) is 10.7. The molecule has 2 spiro atoms. The summed E-state index contributed by atoms with van der Waals surface area (Å²) in [4.78, 5) is 15.6. The molecule has 6 rings (SSSR count). The lowest BCUT2D eigenvalue weighted by Crippen LogP contribution is -2.40. The van der Waals surface area contributed by atoms with Crippen LogP contribution < -0.4 is 9.62 Å². The summed E-state index contributed by atoms with van der Waals surface area (Å²) in [5.74, 6) is -3.45. The number of carbonyl (C=O) groups is 1. The number of hydrogen-bond donors (Lipinski definition) is 2. The highest BCUT2D eigenvalue weighted by molar-refractivity contribution is 7.92. The van der Waals surface area contributed by atoms with Gasteiger partial charge in [-0.1, -0.05) is 12.1 Å². The lowest BCUT2D eigenvalue weighted by Gasteiger charge is -2.38. The van der Waals surface area contributed by atoms with Gasteiger partial charge in [-0.15, -0.1) is 0 Å². The number of carbonyl (C=O) groups excluding carboxylic acids is 1. The first-order valence-electron chi connectivity index (χ1n) is 13.0. The smallest absolute Gasteiger partial charge is 0.258 e. The zero-order valence-electron chi connectivity index (χ0n) is 20.8. The van der Waals surface area contributed by atoms with Crippen LogP contribution in [0.3, 0.4) is 0 Å². The number of aliphatic hydroxyl groups is 1. The van der Waals surface area contributed by atoms with Gasteiger partial charge >= 0.3 is 0 Å². The van der Waals surface area contributed by atoms with E-state index in [0.717, 1.165) is 43.2 Å². The molecule has 1 heterocycles. The van der Waals surface area contributed by atoms with Crippen LogP contribution in [0.25, 0.3) is 0 Å². The fourth-order valence-corrected chi connectivity index (χ4v) is 7.26. The van der Waals surface area contributed by atoms with Gasteiger partial charge in [-0.3, -0.25) is 9.52 Å². The molecule has 3 aliphatic carbocycles. The Morgan fingerprint density at radius 3 is 2.35 bits per heavy atom. The number of aliphatic hydroxyl groups excluding tert-OH is 1. The Balaban J connectivity index is 1.31.